The molecular weight excluding hydrogens is 336 g/mol. The number of aryl methyl sites for hydroxylation is 3. The quantitative estimate of drug-likeness (QED) is 0.765. The van der Waals surface area contributed by atoms with Crippen molar-refractivity contribution < 1.29 is 0 Å². The monoisotopic (exact) mass is 356 g/mol. The predicted molar refractivity (Wildman–Crippen MR) is 97.9 cm³/mol. The summed E-state index contributed by atoms with van der Waals surface area (Å²) in [6.45, 7) is 5.81. The predicted octanol–water partition coefficient (Wildman–Crippen LogP) is 2.04. The summed E-state index contributed by atoms with van der Waals surface area (Å²) < 4.78 is 1.74. The molecule has 0 spiro atoms. The van der Waals surface area contributed by atoms with Gasteiger partial charge in [0.05, 0.1) is 21.3 Å². The van der Waals surface area contributed by atoms with E-state index in [1.165, 1.54) is 0 Å². The second kappa shape index (κ2) is 6.40. The summed E-state index contributed by atoms with van der Waals surface area (Å²) in [5.74, 6) is 1.56. The molecule has 4 heterocycles. The fourth-order valence-electron chi connectivity index (χ4n) is 3.07. The Bertz CT molecular complexity index is 886. The van der Waals surface area contributed by atoms with Gasteiger partial charge < -0.3 is 10.2 Å². The lowest BCUT2D eigenvalue weighted by molar-refractivity contribution is 0.730. The first-order valence-electron chi connectivity index (χ1n) is 8.23. The molecule has 0 aromatic carbocycles. The van der Waals surface area contributed by atoms with Gasteiger partial charge in [-0.1, -0.05) is 0 Å². The van der Waals surface area contributed by atoms with E-state index in [2.05, 4.69) is 30.3 Å². The van der Waals surface area contributed by atoms with E-state index in [1.807, 2.05) is 33.2 Å². The van der Waals surface area contributed by atoms with Crippen LogP contribution in [0, 0.1) is 13.8 Å². The summed E-state index contributed by atoms with van der Waals surface area (Å²) >= 11 is 1.67. The van der Waals surface area contributed by atoms with Crippen LogP contribution in [0.25, 0.3) is 10.6 Å². The maximum absolute atomic E-state index is 4.77. The van der Waals surface area contributed by atoms with Gasteiger partial charge in [-0.3, -0.25) is 0 Å². The number of nitrogens with one attached hydrogen (secondary N) is 1. The van der Waals surface area contributed by atoms with Crippen LogP contribution < -0.4 is 10.2 Å². The Morgan fingerprint density at radius 2 is 2.12 bits per heavy atom. The molecule has 3 aromatic heterocycles. The van der Waals surface area contributed by atoms with Gasteiger partial charge in [-0.15, -0.1) is 11.3 Å². The smallest absolute Gasteiger partial charge is 0.225 e. The molecule has 0 radical (unpaired) electrons. The number of anilines is 2. The van der Waals surface area contributed by atoms with Crippen LogP contribution in [0.15, 0.2) is 18.6 Å². The average Bonchev–Trinajstić information content (AvgIpc) is 3.30. The van der Waals surface area contributed by atoms with Crippen LogP contribution in [0.4, 0.5) is 11.9 Å². The van der Waals surface area contributed by atoms with Crippen LogP contribution >= 0.6 is 11.3 Å². The standard InChI is InChI=1S/C16H20N8S/c1-10-14(25-11(2)20-10)13-4-6-17-16(22-13)24-7-5-12(8-24)21-15-18-9-19-23(15)3/h4,6,9,12H,5,7-8H2,1-3H3,(H,18,19,21). The number of rotatable bonds is 4. The Balaban J connectivity index is 1.50. The number of thiazole rings is 1. The molecule has 1 saturated heterocycles. The van der Waals surface area contributed by atoms with E-state index >= 15 is 0 Å². The maximum Gasteiger partial charge on any atom is 0.225 e. The number of aromatic nitrogens is 6. The van der Waals surface area contributed by atoms with Crippen molar-refractivity contribution in [2.75, 3.05) is 23.3 Å². The molecule has 1 atom stereocenters. The first-order chi connectivity index (χ1) is 12.1. The highest BCUT2D eigenvalue weighted by atomic mass is 32.1. The molecule has 0 amide bonds. The molecule has 1 N–H and O–H groups in total. The third-order valence-corrected chi connectivity index (χ3v) is 5.39. The van der Waals surface area contributed by atoms with E-state index < -0.39 is 0 Å². The second-order valence-electron chi connectivity index (χ2n) is 6.17. The van der Waals surface area contributed by atoms with Crippen LogP contribution in [0.3, 0.4) is 0 Å². The van der Waals surface area contributed by atoms with Gasteiger partial charge in [-0.05, 0) is 26.3 Å². The molecule has 1 aliphatic heterocycles. The van der Waals surface area contributed by atoms with Gasteiger partial charge in [0, 0.05) is 32.4 Å². The zero-order chi connectivity index (χ0) is 17.4. The zero-order valence-electron chi connectivity index (χ0n) is 14.5. The summed E-state index contributed by atoms with van der Waals surface area (Å²) in [4.78, 5) is 21.3. The van der Waals surface area contributed by atoms with E-state index in [0.29, 0.717) is 6.04 Å². The molecule has 130 valence electrons. The van der Waals surface area contributed by atoms with Crippen LogP contribution in [0.5, 0.6) is 0 Å². The fourth-order valence-corrected chi connectivity index (χ4v) is 3.95. The lowest BCUT2D eigenvalue weighted by Crippen LogP contribution is -2.28. The van der Waals surface area contributed by atoms with Crippen molar-refractivity contribution >= 4 is 23.2 Å². The first kappa shape index (κ1) is 15.9. The van der Waals surface area contributed by atoms with Crippen molar-refractivity contribution in [1.29, 1.82) is 0 Å². The van der Waals surface area contributed by atoms with Gasteiger partial charge >= 0.3 is 0 Å². The minimum Gasteiger partial charge on any atom is -0.350 e. The lowest BCUT2D eigenvalue weighted by atomic mass is 10.3. The number of hydrogen-bond donors (Lipinski definition) is 1. The molecule has 25 heavy (non-hydrogen) atoms. The summed E-state index contributed by atoms with van der Waals surface area (Å²) in [7, 11) is 1.88. The molecule has 1 unspecified atom stereocenters. The van der Waals surface area contributed by atoms with E-state index in [-0.39, 0.29) is 0 Å². The average molecular weight is 356 g/mol. The summed E-state index contributed by atoms with van der Waals surface area (Å²) in [6, 6.07) is 2.26. The van der Waals surface area contributed by atoms with E-state index in [9.17, 15) is 0 Å². The van der Waals surface area contributed by atoms with Gasteiger partial charge in [0.2, 0.25) is 11.9 Å². The number of nitrogens with zero attached hydrogens (tertiary/aromatic N) is 7. The Labute approximate surface area is 150 Å². The fraction of sp³-hybridized carbons (Fsp3) is 0.438. The van der Waals surface area contributed by atoms with Crippen molar-refractivity contribution in [1.82, 2.24) is 29.7 Å². The van der Waals surface area contributed by atoms with Crippen LogP contribution in [0.1, 0.15) is 17.1 Å². The van der Waals surface area contributed by atoms with Gasteiger partial charge in [0.25, 0.3) is 0 Å². The van der Waals surface area contributed by atoms with Crippen molar-refractivity contribution in [3.63, 3.8) is 0 Å². The van der Waals surface area contributed by atoms with Gasteiger partial charge in [-0.25, -0.2) is 19.6 Å². The number of hydrogen-bond acceptors (Lipinski definition) is 8. The van der Waals surface area contributed by atoms with E-state index in [0.717, 1.165) is 52.7 Å². The van der Waals surface area contributed by atoms with Crippen molar-refractivity contribution in [3.05, 3.63) is 29.3 Å². The Morgan fingerprint density at radius 3 is 2.84 bits per heavy atom. The maximum atomic E-state index is 4.77. The molecule has 4 rings (SSSR count). The molecule has 1 aliphatic rings. The Hall–Kier alpha value is -2.55. The second-order valence-corrected chi connectivity index (χ2v) is 7.38. The van der Waals surface area contributed by atoms with Crippen molar-refractivity contribution in [2.24, 2.45) is 7.05 Å². The Morgan fingerprint density at radius 1 is 1.24 bits per heavy atom. The van der Waals surface area contributed by atoms with Crippen LogP contribution in [0.2, 0.25) is 0 Å². The van der Waals surface area contributed by atoms with Crippen molar-refractivity contribution in [3.8, 4) is 10.6 Å². The topological polar surface area (TPSA) is 84.7 Å². The summed E-state index contributed by atoms with van der Waals surface area (Å²) in [5.41, 5.74) is 1.97. The minimum absolute atomic E-state index is 0.308. The van der Waals surface area contributed by atoms with Crippen LogP contribution in [-0.2, 0) is 7.05 Å². The largest absolute Gasteiger partial charge is 0.350 e. The van der Waals surface area contributed by atoms with Gasteiger partial charge in [0.15, 0.2) is 0 Å². The van der Waals surface area contributed by atoms with E-state index in [1.54, 1.807) is 22.3 Å². The molecule has 0 saturated carbocycles. The SMILES string of the molecule is Cc1nc(C)c(-c2ccnc(N3CCC(Nc4ncnn4C)C3)n2)s1. The first-order valence-corrected chi connectivity index (χ1v) is 9.05. The van der Waals surface area contributed by atoms with Gasteiger partial charge in [0.1, 0.15) is 6.33 Å². The van der Waals surface area contributed by atoms with Crippen molar-refractivity contribution in [2.45, 2.75) is 26.3 Å². The zero-order valence-corrected chi connectivity index (χ0v) is 15.3. The van der Waals surface area contributed by atoms with Gasteiger partial charge in [-0.2, -0.15) is 10.1 Å². The molecule has 8 nitrogen and oxygen atoms in total. The molecule has 0 bridgehead atoms. The normalized spacial score (nSPS) is 17.2. The minimum atomic E-state index is 0.308. The highest BCUT2D eigenvalue weighted by molar-refractivity contribution is 7.15. The third-order valence-electron chi connectivity index (χ3n) is 4.29. The summed E-state index contributed by atoms with van der Waals surface area (Å²) in [6.07, 6.45) is 4.40. The van der Waals surface area contributed by atoms with E-state index in [4.69, 9.17) is 4.98 Å². The van der Waals surface area contributed by atoms with Crippen LogP contribution in [-0.4, -0.2) is 48.8 Å². The summed E-state index contributed by atoms with van der Waals surface area (Å²) in [5, 5.41) is 8.58. The molecule has 1 fully saturated rings. The molecular formula is C16H20N8S. The molecule has 0 aliphatic carbocycles. The highest BCUT2D eigenvalue weighted by Gasteiger charge is 2.25. The highest BCUT2D eigenvalue weighted by Crippen LogP contribution is 2.29. The lowest BCUT2D eigenvalue weighted by Gasteiger charge is -2.17. The molecule has 3 aromatic rings. The Kier molecular flexibility index (Phi) is 4.08. The molecule has 9 heteroatoms. The third kappa shape index (κ3) is 3.19.